The lowest BCUT2D eigenvalue weighted by Gasteiger charge is -2.40. The predicted molar refractivity (Wildman–Crippen MR) is 135 cm³/mol. The van der Waals surface area contributed by atoms with Crippen LogP contribution in [0.5, 0.6) is 11.5 Å². The first kappa shape index (κ1) is 23.1. The molecule has 1 amide bonds. The van der Waals surface area contributed by atoms with Gasteiger partial charge in [-0.05, 0) is 47.5 Å². The third-order valence-corrected chi connectivity index (χ3v) is 7.25. The van der Waals surface area contributed by atoms with Crippen molar-refractivity contribution in [3.63, 3.8) is 0 Å². The minimum absolute atomic E-state index is 0.0272. The van der Waals surface area contributed by atoms with Crippen LogP contribution < -0.4 is 9.47 Å². The van der Waals surface area contributed by atoms with Gasteiger partial charge in [0.05, 0.1) is 19.3 Å². The first-order valence-corrected chi connectivity index (χ1v) is 12.6. The van der Waals surface area contributed by atoms with E-state index in [4.69, 9.17) is 18.9 Å². The van der Waals surface area contributed by atoms with E-state index in [1.165, 1.54) is 4.68 Å². The number of nitrogens with zero attached hydrogens (tertiary/aromatic N) is 6. The van der Waals surface area contributed by atoms with Crippen molar-refractivity contribution < 1.29 is 23.7 Å². The van der Waals surface area contributed by atoms with Crippen LogP contribution in [0.25, 0.3) is 11.2 Å². The highest BCUT2D eigenvalue weighted by Crippen LogP contribution is 2.36. The molecule has 0 unspecified atom stereocenters. The van der Waals surface area contributed by atoms with Gasteiger partial charge in [-0.2, -0.15) is 0 Å². The van der Waals surface area contributed by atoms with E-state index in [9.17, 15) is 4.79 Å². The number of rotatable bonds is 3. The van der Waals surface area contributed by atoms with Crippen molar-refractivity contribution >= 4 is 17.2 Å². The Morgan fingerprint density at radius 2 is 1.50 bits per heavy atom. The summed E-state index contributed by atoms with van der Waals surface area (Å²) in [7, 11) is 0. The highest BCUT2D eigenvalue weighted by molar-refractivity contribution is 5.85. The predicted octanol–water partition coefficient (Wildman–Crippen LogP) is 2.93. The van der Waals surface area contributed by atoms with Gasteiger partial charge in [-0.25, -0.2) is 9.78 Å². The van der Waals surface area contributed by atoms with Gasteiger partial charge in [0, 0.05) is 43.5 Å². The number of hydrogen-bond acceptors (Lipinski definition) is 9. The summed E-state index contributed by atoms with van der Waals surface area (Å²) < 4.78 is 23.7. The lowest BCUT2D eigenvalue weighted by molar-refractivity contribution is -0.0165. The van der Waals surface area contributed by atoms with Crippen molar-refractivity contribution in [2.75, 3.05) is 39.8 Å². The summed E-state index contributed by atoms with van der Waals surface area (Å²) in [5.41, 5.74) is 5.41. The summed E-state index contributed by atoms with van der Waals surface area (Å²) in [6, 6.07) is 15.9. The number of fused-ring (bicyclic) bond motifs is 3. The molecule has 7 rings (SSSR count). The van der Waals surface area contributed by atoms with Gasteiger partial charge in [0.2, 0.25) is 0 Å². The molecule has 0 N–H and O–H groups in total. The molecule has 11 heteroatoms. The molecular weight excluding hydrogens is 488 g/mol. The molecule has 1 saturated heterocycles. The topological polar surface area (TPSA) is 104 Å². The van der Waals surface area contributed by atoms with Crippen LogP contribution in [0, 0.1) is 0 Å². The van der Waals surface area contributed by atoms with Gasteiger partial charge in [0.1, 0.15) is 17.0 Å². The molecule has 2 aromatic carbocycles. The van der Waals surface area contributed by atoms with Crippen molar-refractivity contribution in [2.24, 2.45) is 0 Å². The molecule has 0 radical (unpaired) electrons. The fourth-order valence-electron chi connectivity index (χ4n) is 5.37. The minimum Gasteiger partial charge on any atom is -0.467 e. The maximum atomic E-state index is 13.3. The molecule has 5 heterocycles. The van der Waals surface area contributed by atoms with Crippen molar-refractivity contribution in [1.29, 1.82) is 0 Å². The van der Waals surface area contributed by atoms with E-state index in [0.29, 0.717) is 50.6 Å². The zero-order valence-corrected chi connectivity index (χ0v) is 20.7. The first-order valence-electron chi connectivity index (χ1n) is 12.6. The highest BCUT2D eigenvalue weighted by atomic mass is 16.7. The zero-order valence-electron chi connectivity index (χ0n) is 20.7. The maximum Gasteiger partial charge on any atom is 0.348 e. The molecule has 0 saturated carbocycles. The standard InChI is InChI=1S/C27H26N6O5/c34-27(33-26-22(29-30-33)2-1-7-28-26)32-10-8-31(9-11-32)25(18-3-5-23-20(12-18)14-35-16-37-23)19-4-6-24-21(13-19)15-36-17-38-24/h1-7,12-13,25H,8-11,14-17H2. The minimum atomic E-state index is -0.214. The van der Waals surface area contributed by atoms with Crippen LogP contribution in [0.2, 0.25) is 0 Å². The second-order valence-corrected chi connectivity index (χ2v) is 9.51. The average Bonchev–Trinajstić information content (AvgIpc) is 3.41. The second-order valence-electron chi connectivity index (χ2n) is 9.51. The maximum absolute atomic E-state index is 13.3. The Balaban J connectivity index is 1.17. The molecule has 0 atom stereocenters. The van der Waals surface area contributed by atoms with E-state index >= 15 is 0 Å². The average molecular weight is 515 g/mol. The van der Waals surface area contributed by atoms with Gasteiger partial charge >= 0.3 is 6.03 Å². The van der Waals surface area contributed by atoms with Crippen LogP contribution in [-0.4, -0.2) is 75.6 Å². The summed E-state index contributed by atoms with van der Waals surface area (Å²) in [4.78, 5) is 21.8. The molecule has 0 aliphatic carbocycles. The van der Waals surface area contributed by atoms with Gasteiger partial charge in [-0.1, -0.05) is 17.3 Å². The van der Waals surface area contributed by atoms with Gasteiger partial charge in [-0.3, -0.25) is 4.90 Å². The molecule has 1 fully saturated rings. The number of amides is 1. The zero-order chi connectivity index (χ0) is 25.5. The molecule has 3 aliphatic heterocycles. The van der Waals surface area contributed by atoms with Crippen LogP contribution in [0.1, 0.15) is 28.3 Å². The number of benzene rings is 2. The lowest BCUT2D eigenvalue weighted by atomic mass is 9.93. The van der Waals surface area contributed by atoms with Crippen molar-refractivity contribution in [1.82, 2.24) is 29.8 Å². The molecular formula is C27H26N6O5. The van der Waals surface area contributed by atoms with Gasteiger partial charge in [-0.15, -0.1) is 9.78 Å². The Bertz CT molecular complexity index is 1440. The number of carbonyl (C=O) groups excluding carboxylic acids is 1. The summed E-state index contributed by atoms with van der Waals surface area (Å²) in [6.07, 6.45) is 1.64. The number of ether oxygens (including phenoxy) is 4. The molecule has 4 aromatic rings. The van der Waals surface area contributed by atoms with E-state index in [2.05, 4.69) is 44.5 Å². The molecule has 38 heavy (non-hydrogen) atoms. The van der Waals surface area contributed by atoms with E-state index in [-0.39, 0.29) is 25.7 Å². The van der Waals surface area contributed by atoms with Crippen LogP contribution in [-0.2, 0) is 22.7 Å². The Hall–Kier alpha value is -4.06. The summed E-state index contributed by atoms with van der Waals surface area (Å²) in [5.74, 6) is 1.71. The van der Waals surface area contributed by atoms with E-state index in [0.717, 1.165) is 33.8 Å². The third kappa shape index (κ3) is 4.14. The number of piperazine rings is 1. The molecule has 2 aromatic heterocycles. The number of carbonyl (C=O) groups is 1. The fourth-order valence-corrected chi connectivity index (χ4v) is 5.37. The second kappa shape index (κ2) is 9.67. The Labute approximate surface area is 218 Å². The van der Waals surface area contributed by atoms with Crippen molar-refractivity contribution in [3.05, 3.63) is 77.0 Å². The molecule has 0 spiro atoms. The Morgan fingerprint density at radius 3 is 2.16 bits per heavy atom. The van der Waals surface area contributed by atoms with E-state index < -0.39 is 0 Å². The van der Waals surface area contributed by atoms with Gasteiger partial charge in [0.25, 0.3) is 0 Å². The number of hydrogen-bond donors (Lipinski definition) is 0. The lowest BCUT2D eigenvalue weighted by Crippen LogP contribution is -2.51. The SMILES string of the molecule is O=C(N1CCN(C(c2ccc3c(c2)COCO3)c2ccc3c(c2)COCO3)CC1)n1nnc2cccnc21. The Morgan fingerprint density at radius 1 is 0.842 bits per heavy atom. The van der Waals surface area contributed by atoms with Gasteiger partial charge in [0.15, 0.2) is 19.2 Å². The fraction of sp³-hybridized carbons (Fsp3) is 0.333. The van der Waals surface area contributed by atoms with Crippen molar-refractivity contribution in [2.45, 2.75) is 19.3 Å². The highest BCUT2D eigenvalue weighted by Gasteiger charge is 2.31. The van der Waals surface area contributed by atoms with Crippen LogP contribution in [0.3, 0.4) is 0 Å². The van der Waals surface area contributed by atoms with Crippen LogP contribution in [0.15, 0.2) is 54.7 Å². The monoisotopic (exact) mass is 514 g/mol. The first-order chi connectivity index (χ1) is 18.7. The van der Waals surface area contributed by atoms with Crippen LogP contribution in [0.4, 0.5) is 4.79 Å². The molecule has 0 bridgehead atoms. The number of pyridine rings is 1. The Kier molecular flexibility index (Phi) is 5.88. The molecule has 194 valence electrons. The number of aromatic nitrogens is 4. The molecule has 11 nitrogen and oxygen atoms in total. The summed E-state index contributed by atoms with van der Waals surface area (Å²) in [5, 5.41) is 8.13. The van der Waals surface area contributed by atoms with Crippen molar-refractivity contribution in [3.8, 4) is 11.5 Å². The van der Waals surface area contributed by atoms with Gasteiger partial charge < -0.3 is 23.8 Å². The van der Waals surface area contributed by atoms with Crippen LogP contribution >= 0.6 is 0 Å². The smallest absolute Gasteiger partial charge is 0.348 e. The van der Waals surface area contributed by atoms with E-state index in [1.807, 2.05) is 12.1 Å². The third-order valence-electron chi connectivity index (χ3n) is 7.25. The van der Waals surface area contributed by atoms with E-state index in [1.54, 1.807) is 23.2 Å². The normalized spacial score (nSPS) is 17.6. The quantitative estimate of drug-likeness (QED) is 0.408. The molecule has 3 aliphatic rings. The largest absolute Gasteiger partial charge is 0.467 e. The summed E-state index contributed by atoms with van der Waals surface area (Å²) in [6.45, 7) is 4.05. The summed E-state index contributed by atoms with van der Waals surface area (Å²) >= 11 is 0.